The number of nitrogens with zero attached hydrogens (tertiary/aromatic N) is 2. The molecule has 1 atom stereocenters. The van der Waals surface area contributed by atoms with Crippen LogP contribution < -0.4 is 5.73 Å². The van der Waals surface area contributed by atoms with Crippen LogP contribution >= 0.6 is 0 Å². The number of halogens is 1. The molecule has 2 rings (SSSR count). The van der Waals surface area contributed by atoms with Crippen LogP contribution in [0.25, 0.3) is 0 Å². The summed E-state index contributed by atoms with van der Waals surface area (Å²) in [5.74, 6) is 0.340. The Morgan fingerprint density at radius 2 is 1.94 bits per heavy atom. The molecular formula is C13H18FN3. The van der Waals surface area contributed by atoms with Gasteiger partial charge in [0.2, 0.25) is 0 Å². The van der Waals surface area contributed by atoms with E-state index in [1.54, 1.807) is 12.1 Å². The Morgan fingerprint density at radius 1 is 1.35 bits per heavy atom. The first-order chi connectivity index (χ1) is 7.95. The molecule has 1 aromatic carbocycles. The molecule has 92 valence electrons. The van der Waals surface area contributed by atoms with Crippen LogP contribution in [0.4, 0.5) is 4.39 Å². The second kappa shape index (κ2) is 4.02. The van der Waals surface area contributed by atoms with E-state index in [-0.39, 0.29) is 17.4 Å². The monoisotopic (exact) mass is 235 g/mol. The molecule has 0 bridgehead atoms. The maximum absolute atomic E-state index is 13.0. The Hall–Kier alpha value is -1.58. The fourth-order valence-electron chi connectivity index (χ4n) is 2.51. The van der Waals surface area contributed by atoms with Gasteiger partial charge in [-0.3, -0.25) is 4.99 Å². The van der Waals surface area contributed by atoms with Gasteiger partial charge in [0.05, 0.1) is 12.1 Å². The molecule has 0 saturated heterocycles. The highest BCUT2D eigenvalue weighted by atomic mass is 19.1. The van der Waals surface area contributed by atoms with Gasteiger partial charge in [-0.2, -0.15) is 0 Å². The molecule has 1 aliphatic heterocycles. The van der Waals surface area contributed by atoms with E-state index in [2.05, 4.69) is 30.7 Å². The molecule has 0 radical (unpaired) electrons. The average molecular weight is 235 g/mol. The minimum Gasteiger partial charge on any atom is -0.370 e. The van der Waals surface area contributed by atoms with E-state index in [4.69, 9.17) is 5.73 Å². The molecule has 1 aliphatic rings. The van der Waals surface area contributed by atoms with Gasteiger partial charge >= 0.3 is 0 Å². The number of aliphatic imine (C=N–C) groups is 1. The molecule has 4 heteroatoms. The summed E-state index contributed by atoms with van der Waals surface area (Å²) in [6, 6.07) is 6.83. The smallest absolute Gasteiger partial charge is 0.192 e. The van der Waals surface area contributed by atoms with Crippen LogP contribution in [0.5, 0.6) is 0 Å². The molecular weight excluding hydrogens is 217 g/mol. The maximum atomic E-state index is 13.0. The second-order valence-corrected chi connectivity index (χ2v) is 4.92. The largest absolute Gasteiger partial charge is 0.370 e. The topological polar surface area (TPSA) is 41.6 Å². The Bertz CT molecular complexity index is 438. The molecule has 1 unspecified atom stereocenters. The van der Waals surface area contributed by atoms with Crippen molar-refractivity contribution in [3.8, 4) is 0 Å². The summed E-state index contributed by atoms with van der Waals surface area (Å²) in [5.41, 5.74) is 6.69. The fourth-order valence-corrected chi connectivity index (χ4v) is 2.51. The Kier molecular flexibility index (Phi) is 2.81. The summed E-state index contributed by atoms with van der Waals surface area (Å²) in [6.07, 6.45) is 0. The molecule has 1 heterocycles. The Morgan fingerprint density at radius 3 is 2.47 bits per heavy atom. The van der Waals surface area contributed by atoms with Gasteiger partial charge in [-0.1, -0.05) is 12.1 Å². The highest BCUT2D eigenvalue weighted by Crippen LogP contribution is 2.34. The normalized spacial score (nSPS) is 24.3. The molecule has 2 N–H and O–H groups in total. The van der Waals surface area contributed by atoms with Gasteiger partial charge in [-0.25, -0.2) is 4.39 Å². The number of hydrogen-bond acceptors (Lipinski definition) is 3. The van der Waals surface area contributed by atoms with Crippen LogP contribution in [0.1, 0.15) is 26.3 Å². The van der Waals surface area contributed by atoms with Gasteiger partial charge in [0.25, 0.3) is 0 Å². The van der Waals surface area contributed by atoms with E-state index in [0.29, 0.717) is 12.5 Å². The van der Waals surface area contributed by atoms with Crippen LogP contribution in [0, 0.1) is 5.82 Å². The maximum Gasteiger partial charge on any atom is 0.192 e. The predicted octanol–water partition coefficient (Wildman–Crippen LogP) is 2.08. The lowest BCUT2D eigenvalue weighted by atomic mass is 9.90. The SMILES string of the molecule is CC(C)N1C(N)=NCC1(C)c1ccc(F)cc1. The predicted molar refractivity (Wildman–Crippen MR) is 67.2 cm³/mol. The molecule has 0 fully saturated rings. The zero-order valence-corrected chi connectivity index (χ0v) is 10.4. The average Bonchev–Trinajstić information content (AvgIpc) is 2.56. The summed E-state index contributed by atoms with van der Waals surface area (Å²) >= 11 is 0. The van der Waals surface area contributed by atoms with Gasteiger partial charge in [-0.05, 0) is 38.5 Å². The second-order valence-electron chi connectivity index (χ2n) is 4.92. The third kappa shape index (κ3) is 1.88. The number of guanidine groups is 1. The van der Waals surface area contributed by atoms with Crippen molar-refractivity contribution in [1.82, 2.24) is 4.90 Å². The standard InChI is InChI=1S/C13H18FN3/c1-9(2)17-12(15)16-8-13(17,3)10-4-6-11(14)7-5-10/h4-7,9H,8H2,1-3H3,(H2,15,16). The van der Waals surface area contributed by atoms with Crippen molar-refractivity contribution in [2.24, 2.45) is 10.7 Å². The Balaban J connectivity index is 2.39. The fraction of sp³-hybridized carbons (Fsp3) is 0.462. The first kappa shape index (κ1) is 11.9. The van der Waals surface area contributed by atoms with Crippen molar-refractivity contribution in [1.29, 1.82) is 0 Å². The van der Waals surface area contributed by atoms with Gasteiger partial charge < -0.3 is 10.6 Å². The zero-order valence-electron chi connectivity index (χ0n) is 10.4. The number of rotatable bonds is 2. The van der Waals surface area contributed by atoms with E-state index < -0.39 is 0 Å². The lowest BCUT2D eigenvalue weighted by Crippen LogP contribution is -2.51. The van der Waals surface area contributed by atoms with Crippen molar-refractivity contribution in [2.45, 2.75) is 32.4 Å². The molecule has 0 amide bonds. The van der Waals surface area contributed by atoms with Crippen molar-refractivity contribution in [3.05, 3.63) is 35.6 Å². The van der Waals surface area contributed by atoms with Gasteiger partial charge in [0.1, 0.15) is 5.82 Å². The highest BCUT2D eigenvalue weighted by Gasteiger charge is 2.40. The number of benzene rings is 1. The molecule has 0 aliphatic carbocycles. The highest BCUT2D eigenvalue weighted by molar-refractivity contribution is 5.81. The molecule has 0 spiro atoms. The summed E-state index contributed by atoms with van der Waals surface area (Å²) in [7, 11) is 0. The first-order valence-corrected chi connectivity index (χ1v) is 5.80. The molecule has 17 heavy (non-hydrogen) atoms. The summed E-state index contributed by atoms with van der Waals surface area (Å²) < 4.78 is 13.0. The van der Waals surface area contributed by atoms with E-state index in [1.807, 2.05) is 0 Å². The van der Waals surface area contributed by atoms with Crippen molar-refractivity contribution in [2.75, 3.05) is 6.54 Å². The Labute approximate surface area is 101 Å². The van der Waals surface area contributed by atoms with Gasteiger partial charge in [0, 0.05) is 6.04 Å². The van der Waals surface area contributed by atoms with Crippen molar-refractivity contribution >= 4 is 5.96 Å². The summed E-state index contributed by atoms with van der Waals surface area (Å²) in [6.45, 7) is 6.86. The number of hydrogen-bond donors (Lipinski definition) is 1. The van der Waals surface area contributed by atoms with Crippen LogP contribution in [-0.2, 0) is 5.54 Å². The summed E-state index contributed by atoms with van der Waals surface area (Å²) in [5, 5.41) is 0. The van der Waals surface area contributed by atoms with E-state index >= 15 is 0 Å². The zero-order chi connectivity index (χ0) is 12.6. The molecule has 1 aromatic rings. The van der Waals surface area contributed by atoms with Crippen LogP contribution in [0.3, 0.4) is 0 Å². The van der Waals surface area contributed by atoms with Crippen molar-refractivity contribution in [3.63, 3.8) is 0 Å². The van der Waals surface area contributed by atoms with E-state index in [9.17, 15) is 4.39 Å². The van der Waals surface area contributed by atoms with Gasteiger partial charge in [0.15, 0.2) is 5.96 Å². The van der Waals surface area contributed by atoms with E-state index in [1.165, 1.54) is 12.1 Å². The molecule has 3 nitrogen and oxygen atoms in total. The quantitative estimate of drug-likeness (QED) is 0.852. The van der Waals surface area contributed by atoms with E-state index in [0.717, 1.165) is 5.56 Å². The minimum absolute atomic E-state index is 0.222. The minimum atomic E-state index is -0.272. The first-order valence-electron chi connectivity index (χ1n) is 5.80. The van der Waals surface area contributed by atoms with Crippen molar-refractivity contribution < 1.29 is 4.39 Å². The molecule has 0 aromatic heterocycles. The number of nitrogens with two attached hydrogens (primary N) is 1. The third-order valence-corrected chi connectivity index (χ3v) is 3.31. The lowest BCUT2D eigenvalue weighted by Gasteiger charge is -2.39. The summed E-state index contributed by atoms with van der Waals surface area (Å²) in [4.78, 5) is 6.40. The molecule has 0 saturated carbocycles. The van der Waals surface area contributed by atoms with Crippen LogP contribution in [0.15, 0.2) is 29.3 Å². The third-order valence-electron chi connectivity index (χ3n) is 3.31. The lowest BCUT2D eigenvalue weighted by molar-refractivity contribution is 0.185. The van der Waals surface area contributed by atoms with Gasteiger partial charge in [-0.15, -0.1) is 0 Å². The van der Waals surface area contributed by atoms with Crippen LogP contribution in [0.2, 0.25) is 0 Å². The van der Waals surface area contributed by atoms with Crippen LogP contribution in [-0.4, -0.2) is 23.4 Å².